The fourth-order valence-corrected chi connectivity index (χ4v) is 4.84. The van der Waals surface area contributed by atoms with Crippen molar-refractivity contribution in [3.63, 3.8) is 0 Å². The SMILES string of the molecule is COc1ccc(C)cc1NS(=O)(=O)c1ccc(NC(=O)CSCc2ccc(Cl)cc2)cc1. The number of hydrogen-bond acceptors (Lipinski definition) is 5. The number of benzene rings is 3. The molecule has 0 spiro atoms. The molecule has 0 unspecified atom stereocenters. The van der Waals surface area contributed by atoms with E-state index in [9.17, 15) is 13.2 Å². The molecule has 9 heteroatoms. The normalized spacial score (nSPS) is 11.1. The maximum absolute atomic E-state index is 12.7. The smallest absolute Gasteiger partial charge is 0.262 e. The van der Waals surface area contributed by atoms with Crippen LogP contribution in [0.3, 0.4) is 0 Å². The van der Waals surface area contributed by atoms with Gasteiger partial charge < -0.3 is 10.1 Å². The molecular formula is C23H23ClN2O4S2. The first-order chi connectivity index (χ1) is 15.3. The molecule has 0 aliphatic heterocycles. The lowest BCUT2D eigenvalue weighted by Gasteiger charge is -2.13. The molecule has 0 radical (unpaired) electrons. The lowest BCUT2D eigenvalue weighted by atomic mass is 10.2. The second-order valence-corrected chi connectivity index (χ2v) is 10.1. The fraction of sp³-hybridized carbons (Fsp3) is 0.174. The van der Waals surface area contributed by atoms with E-state index >= 15 is 0 Å². The first kappa shape index (κ1) is 24.0. The Hall–Kier alpha value is -2.68. The molecule has 0 fully saturated rings. The first-order valence-electron chi connectivity index (χ1n) is 9.66. The number of aryl methyl sites for hydroxylation is 1. The van der Waals surface area contributed by atoms with Gasteiger partial charge in [0.1, 0.15) is 5.75 Å². The maximum Gasteiger partial charge on any atom is 0.262 e. The van der Waals surface area contributed by atoms with Crippen molar-refractivity contribution in [3.8, 4) is 5.75 Å². The van der Waals surface area contributed by atoms with Crippen LogP contribution < -0.4 is 14.8 Å². The quantitative estimate of drug-likeness (QED) is 0.423. The molecule has 1 amide bonds. The number of carbonyl (C=O) groups is 1. The molecule has 0 atom stereocenters. The van der Waals surface area contributed by atoms with Gasteiger partial charge in [0.25, 0.3) is 10.0 Å². The lowest BCUT2D eigenvalue weighted by molar-refractivity contribution is -0.113. The summed E-state index contributed by atoms with van der Waals surface area (Å²) in [6.07, 6.45) is 0. The summed E-state index contributed by atoms with van der Waals surface area (Å²) in [6.45, 7) is 1.86. The van der Waals surface area contributed by atoms with Gasteiger partial charge >= 0.3 is 0 Å². The highest BCUT2D eigenvalue weighted by Gasteiger charge is 2.17. The zero-order chi connectivity index (χ0) is 23.1. The highest BCUT2D eigenvalue weighted by Crippen LogP contribution is 2.28. The molecule has 168 valence electrons. The zero-order valence-corrected chi connectivity index (χ0v) is 20.0. The molecule has 3 aromatic rings. The standard InChI is InChI=1S/C23H23ClN2O4S2/c1-16-3-12-22(30-2)21(13-16)26-32(28,29)20-10-8-19(9-11-20)25-23(27)15-31-14-17-4-6-18(24)7-5-17/h3-13,26H,14-15H2,1-2H3,(H,25,27). The highest BCUT2D eigenvalue weighted by atomic mass is 35.5. The molecule has 3 aromatic carbocycles. The van der Waals surface area contributed by atoms with Gasteiger partial charge in [-0.1, -0.05) is 29.8 Å². The molecule has 3 rings (SSSR count). The fourth-order valence-electron chi connectivity index (χ4n) is 2.86. The Morgan fingerprint density at radius 1 is 1.03 bits per heavy atom. The van der Waals surface area contributed by atoms with E-state index < -0.39 is 10.0 Å². The van der Waals surface area contributed by atoms with Crippen LogP contribution >= 0.6 is 23.4 Å². The average molecular weight is 491 g/mol. The summed E-state index contributed by atoms with van der Waals surface area (Å²) in [5.74, 6) is 1.23. The van der Waals surface area contributed by atoms with Gasteiger partial charge in [0.15, 0.2) is 0 Å². The van der Waals surface area contributed by atoms with Gasteiger partial charge in [-0.2, -0.15) is 0 Å². The molecule has 0 aliphatic carbocycles. The average Bonchev–Trinajstić information content (AvgIpc) is 2.75. The van der Waals surface area contributed by atoms with Crippen LogP contribution in [0.5, 0.6) is 5.75 Å². The van der Waals surface area contributed by atoms with Crippen molar-refractivity contribution in [1.82, 2.24) is 0 Å². The van der Waals surface area contributed by atoms with Gasteiger partial charge in [0.2, 0.25) is 5.91 Å². The van der Waals surface area contributed by atoms with E-state index in [0.29, 0.717) is 27.9 Å². The van der Waals surface area contributed by atoms with E-state index in [1.54, 1.807) is 24.3 Å². The third-order valence-electron chi connectivity index (χ3n) is 4.46. The number of amides is 1. The lowest BCUT2D eigenvalue weighted by Crippen LogP contribution is -2.15. The first-order valence-corrected chi connectivity index (χ1v) is 12.7. The van der Waals surface area contributed by atoms with Crippen LogP contribution in [0.15, 0.2) is 71.6 Å². The monoisotopic (exact) mass is 490 g/mol. The van der Waals surface area contributed by atoms with Gasteiger partial charge in [0, 0.05) is 16.5 Å². The summed E-state index contributed by atoms with van der Waals surface area (Å²) in [4.78, 5) is 12.3. The number of thioether (sulfide) groups is 1. The summed E-state index contributed by atoms with van der Waals surface area (Å²) < 4.78 is 33.3. The van der Waals surface area contributed by atoms with Crippen molar-refractivity contribution in [1.29, 1.82) is 0 Å². The van der Waals surface area contributed by atoms with Crippen LogP contribution in [-0.2, 0) is 20.6 Å². The van der Waals surface area contributed by atoms with Crippen LogP contribution in [-0.4, -0.2) is 27.2 Å². The van der Waals surface area contributed by atoms with E-state index in [0.717, 1.165) is 11.1 Å². The molecule has 0 saturated carbocycles. The number of carbonyl (C=O) groups excluding carboxylic acids is 1. The number of rotatable bonds is 9. The van der Waals surface area contributed by atoms with Crippen LogP contribution in [0.4, 0.5) is 11.4 Å². The van der Waals surface area contributed by atoms with Crippen LogP contribution in [0.1, 0.15) is 11.1 Å². The Kier molecular flexibility index (Phi) is 8.06. The van der Waals surface area contributed by atoms with Crippen LogP contribution in [0.25, 0.3) is 0 Å². The Bertz CT molecular complexity index is 1180. The molecule has 0 aliphatic rings. The molecule has 0 aromatic heterocycles. The topological polar surface area (TPSA) is 84.5 Å². The highest BCUT2D eigenvalue weighted by molar-refractivity contribution is 7.99. The predicted octanol–water partition coefficient (Wildman–Crippen LogP) is 5.33. The number of methoxy groups -OCH3 is 1. The largest absolute Gasteiger partial charge is 0.495 e. The second kappa shape index (κ2) is 10.8. The van der Waals surface area contributed by atoms with Crippen molar-refractivity contribution < 1.29 is 17.9 Å². The Balaban J connectivity index is 1.57. The van der Waals surface area contributed by atoms with Gasteiger partial charge in [-0.15, -0.1) is 11.8 Å². The van der Waals surface area contributed by atoms with Crippen LogP contribution in [0.2, 0.25) is 5.02 Å². The Labute approximate surface area is 197 Å². The summed E-state index contributed by atoms with van der Waals surface area (Å²) >= 11 is 7.35. The Morgan fingerprint density at radius 2 is 1.72 bits per heavy atom. The van der Waals surface area contributed by atoms with Crippen LogP contribution in [0, 0.1) is 6.92 Å². The third-order valence-corrected chi connectivity index (χ3v) is 7.10. The summed E-state index contributed by atoms with van der Waals surface area (Å²) in [7, 11) is -2.33. The van der Waals surface area contributed by atoms with Crippen molar-refractivity contribution >= 4 is 50.7 Å². The van der Waals surface area contributed by atoms with E-state index in [1.165, 1.54) is 31.0 Å². The van der Waals surface area contributed by atoms with E-state index in [1.807, 2.05) is 37.3 Å². The minimum absolute atomic E-state index is 0.0798. The molecule has 0 heterocycles. The minimum Gasteiger partial charge on any atom is -0.495 e. The van der Waals surface area contributed by atoms with Crippen molar-refractivity contribution in [3.05, 3.63) is 82.9 Å². The van der Waals surface area contributed by atoms with Gasteiger partial charge in [-0.05, 0) is 66.6 Å². The number of halogens is 1. The zero-order valence-electron chi connectivity index (χ0n) is 17.6. The van der Waals surface area contributed by atoms with Gasteiger partial charge in [-0.3, -0.25) is 9.52 Å². The second-order valence-electron chi connectivity index (χ2n) is 7.00. The molecular weight excluding hydrogens is 468 g/mol. The van der Waals surface area contributed by atoms with Crippen molar-refractivity contribution in [2.45, 2.75) is 17.6 Å². The summed E-state index contributed by atoms with van der Waals surface area (Å²) in [5, 5.41) is 3.45. The van der Waals surface area contributed by atoms with Gasteiger partial charge in [-0.25, -0.2) is 8.42 Å². The van der Waals surface area contributed by atoms with E-state index in [-0.39, 0.29) is 16.6 Å². The molecule has 6 nitrogen and oxygen atoms in total. The minimum atomic E-state index is -3.81. The Morgan fingerprint density at radius 3 is 2.38 bits per heavy atom. The number of anilines is 2. The maximum atomic E-state index is 12.7. The molecule has 32 heavy (non-hydrogen) atoms. The van der Waals surface area contributed by atoms with Crippen molar-refractivity contribution in [2.75, 3.05) is 22.9 Å². The number of sulfonamides is 1. The molecule has 0 bridgehead atoms. The van der Waals surface area contributed by atoms with Crippen molar-refractivity contribution in [2.24, 2.45) is 0 Å². The van der Waals surface area contributed by atoms with Gasteiger partial charge in [0.05, 0.1) is 23.4 Å². The molecule has 0 saturated heterocycles. The summed E-state index contributed by atoms with van der Waals surface area (Å²) in [6, 6.07) is 18.7. The molecule has 2 N–H and O–H groups in total. The summed E-state index contributed by atoms with van der Waals surface area (Å²) in [5.41, 5.74) is 2.87. The third kappa shape index (κ3) is 6.66. The van der Waals surface area contributed by atoms with E-state index in [2.05, 4.69) is 10.0 Å². The van der Waals surface area contributed by atoms with E-state index in [4.69, 9.17) is 16.3 Å². The number of ether oxygens (including phenoxy) is 1. The predicted molar refractivity (Wildman–Crippen MR) is 131 cm³/mol. The number of hydrogen-bond donors (Lipinski definition) is 2. The number of nitrogens with one attached hydrogen (secondary N) is 2.